The number of aromatic nitrogens is 1. The molecule has 0 fully saturated rings. The van der Waals surface area contributed by atoms with Gasteiger partial charge in [-0.05, 0) is 35.4 Å². The zero-order valence-corrected chi connectivity index (χ0v) is 13.6. The molecule has 2 nitrogen and oxygen atoms in total. The Kier molecular flexibility index (Phi) is 5.24. The lowest BCUT2D eigenvalue weighted by Crippen LogP contribution is -1.91. The van der Waals surface area contributed by atoms with Gasteiger partial charge in [-0.15, -0.1) is 5.73 Å². The molecule has 0 atom stereocenters. The minimum atomic E-state index is 0.803. The van der Waals surface area contributed by atoms with Crippen molar-refractivity contribution in [3.63, 3.8) is 0 Å². The number of benzene rings is 2. The molecule has 0 bridgehead atoms. The summed E-state index contributed by atoms with van der Waals surface area (Å²) in [5.74, 6) is 0.869. The molecule has 0 amide bonds. The first kappa shape index (κ1) is 15.8. The number of methoxy groups -OCH3 is 1. The molecule has 0 aliphatic rings. The maximum atomic E-state index is 5.23. The van der Waals surface area contributed by atoms with Gasteiger partial charge in [0.2, 0.25) is 0 Å². The van der Waals surface area contributed by atoms with Gasteiger partial charge in [-0.25, -0.2) is 0 Å². The number of allylic oxidation sites excluding steroid dienone is 1. The Bertz CT molecular complexity index is 830. The number of rotatable bonds is 5. The lowest BCUT2D eigenvalue weighted by Gasteiger charge is -2.07. The quantitative estimate of drug-likeness (QED) is 0.616. The highest BCUT2D eigenvalue weighted by atomic mass is 16.5. The highest BCUT2D eigenvalue weighted by Gasteiger charge is 2.03. The molecule has 0 unspecified atom stereocenters. The Morgan fingerprint density at radius 2 is 1.71 bits per heavy atom. The SMILES string of the molecule is COc1ccc(CC(=C=Cc2ccccn2)c2ccccc2)cc1. The minimum absolute atomic E-state index is 0.803. The van der Waals surface area contributed by atoms with E-state index < -0.39 is 0 Å². The zero-order valence-electron chi connectivity index (χ0n) is 13.6. The Morgan fingerprint density at radius 3 is 2.38 bits per heavy atom. The molecular formula is C22H19NO. The molecular weight excluding hydrogens is 294 g/mol. The molecule has 2 heteroatoms. The standard InChI is InChI=1S/C22H19NO/c1-24-22-14-10-18(11-15-22)17-20(19-7-3-2-4-8-19)12-13-21-9-5-6-16-23-21/h2-11,13-16H,17H2,1H3. The van der Waals surface area contributed by atoms with Gasteiger partial charge in [0, 0.05) is 24.3 Å². The van der Waals surface area contributed by atoms with Crippen LogP contribution in [0.15, 0.2) is 84.7 Å². The number of hydrogen-bond acceptors (Lipinski definition) is 2. The highest BCUT2D eigenvalue weighted by Crippen LogP contribution is 2.21. The van der Waals surface area contributed by atoms with Crippen LogP contribution in [0.25, 0.3) is 11.6 Å². The second kappa shape index (κ2) is 7.96. The van der Waals surface area contributed by atoms with Crippen LogP contribution < -0.4 is 4.74 Å². The first-order chi connectivity index (χ1) is 11.8. The van der Waals surface area contributed by atoms with E-state index in [1.165, 1.54) is 11.1 Å². The van der Waals surface area contributed by atoms with Gasteiger partial charge >= 0.3 is 0 Å². The van der Waals surface area contributed by atoms with Crippen LogP contribution in [0, 0.1) is 0 Å². The average molecular weight is 313 g/mol. The second-order valence-electron chi connectivity index (χ2n) is 5.41. The summed E-state index contributed by atoms with van der Waals surface area (Å²) >= 11 is 0. The largest absolute Gasteiger partial charge is 0.497 e. The molecule has 1 aromatic heterocycles. The summed E-state index contributed by atoms with van der Waals surface area (Å²) in [7, 11) is 1.68. The van der Waals surface area contributed by atoms with Crippen LogP contribution in [-0.2, 0) is 6.42 Å². The van der Waals surface area contributed by atoms with Gasteiger partial charge in [-0.1, -0.05) is 48.5 Å². The van der Waals surface area contributed by atoms with Gasteiger partial charge in [0.05, 0.1) is 12.8 Å². The van der Waals surface area contributed by atoms with Crippen molar-refractivity contribution in [1.29, 1.82) is 0 Å². The molecule has 118 valence electrons. The van der Waals surface area contributed by atoms with E-state index >= 15 is 0 Å². The van der Waals surface area contributed by atoms with Crippen molar-refractivity contribution in [1.82, 2.24) is 4.98 Å². The molecule has 0 radical (unpaired) electrons. The first-order valence-electron chi connectivity index (χ1n) is 7.90. The number of pyridine rings is 1. The third kappa shape index (κ3) is 4.22. The molecule has 3 rings (SSSR count). The first-order valence-corrected chi connectivity index (χ1v) is 7.90. The van der Waals surface area contributed by atoms with Crippen LogP contribution in [0.4, 0.5) is 0 Å². The predicted octanol–water partition coefficient (Wildman–Crippen LogP) is 5.03. The molecule has 0 aliphatic carbocycles. The Balaban J connectivity index is 1.94. The van der Waals surface area contributed by atoms with Crippen LogP contribution in [0.1, 0.15) is 16.8 Å². The average Bonchev–Trinajstić information content (AvgIpc) is 2.67. The van der Waals surface area contributed by atoms with Gasteiger partial charge in [0.15, 0.2) is 0 Å². The monoisotopic (exact) mass is 313 g/mol. The van der Waals surface area contributed by atoms with E-state index in [-0.39, 0.29) is 0 Å². The Hall–Kier alpha value is -3.09. The van der Waals surface area contributed by atoms with Crippen molar-refractivity contribution >= 4 is 11.6 Å². The van der Waals surface area contributed by atoms with Crippen molar-refractivity contribution < 1.29 is 4.74 Å². The third-order valence-corrected chi connectivity index (χ3v) is 3.74. The summed E-state index contributed by atoms with van der Waals surface area (Å²) in [4.78, 5) is 4.33. The van der Waals surface area contributed by atoms with Gasteiger partial charge in [-0.2, -0.15) is 0 Å². The summed E-state index contributed by atoms with van der Waals surface area (Å²) in [6.45, 7) is 0. The van der Waals surface area contributed by atoms with Crippen LogP contribution in [0.3, 0.4) is 0 Å². The summed E-state index contributed by atoms with van der Waals surface area (Å²) in [5.41, 5.74) is 7.85. The van der Waals surface area contributed by atoms with Crippen molar-refractivity contribution in [3.05, 3.63) is 102 Å². The van der Waals surface area contributed by atoms with E-state index in [4.69, 9.17) is 4.74 Å². The zero-order chi connectivity index (χ0) is 16.6. The summed E-state index contributed by atoms with van der Waals surface area (Å²) in [6, 6.07) is 24.4. The van der Waals surface area contributed by atoms with Crippen LogP contribution in [-0.4, -0.2) is 12.1 Å². The van der Waals surface area contributed by atoms with Crippen molar-refractivity contribution in [3.8, 4) is 5.75 Å². The molecule has 0 saturated carbocycles. The number of hydrogen-bond donors (Lipinski definition) is 0. The highest BCUT2D eigenvalue weighted by molar-refractivity contribution is 5.70. The van der Waals surface area contributed by atoms with Crippen molar-refractivity contribution in [2.45, 2.75) is 6.42 Å². The smallest absolute Gasteiger partial charge is 0.118 e. The van der Waals surface area contributed by atoms with Crippen LogP contribution in [0.5, 0.6) is 5.75 Å². The fourth-order valence-corrected chi connectivity index (χ4v) is 2.45. The summed E-state index contributed by atoms with van der Waals surface area (Å²) in [6.07, 6.45) is 4.53. The number of nitrogens with zero attached hydrogens (tertiary/aromatic N) is 1. The summed E-state index contributed by atoms with van der Waals surface area (Å²) in [5, 5.41) is 0. The molecule has 2 aromatic carbocycles. The fourth-order valence-electron chi connectivity index (χ4n) is 2.45. The summed E-state index contributed by atoms with van der Waals surface area (Å²) < 4.78 is 5.23. The third-order valence-electron chi connectivity index (χ3n) is 3.74. The Labute approximate surface area is 142 Å². The second-order valence-corrected chi connectivity index (χ2v) is 5.41. The molecule has 0 N–H and O–H groups in total. The van der Waals surface area contributed by atoms with E-state index in [2.05, 4.69) is 35.0 Å². The topological polar surface area (TPSA) is 22.1 Å². The lowest BCUT2D eigenvalue weighted by molar-refractivity contribution is 0.414. The molecule has 0 aliphatic heterocycles. The molecule has 0 saturated heterocycles. The maximum absolute atomic E-state index is 5.23. The van der Waals surface area contributed by atoms with E-state index in [0.717, 1.165) is 23.4 Å². The van der Waals surface area contributed by atoms with Gasteiger partial charge in [-0.3, -0.25) is 4.98 Å². The fraction of sp³-hybridized carbons (Fsp3) is 0.0909. The predicted molar refractivity (Wildman–Crippen MR) is 98.8 cm³/mol. The van der Waals surface area contributed by atoms with Crippen molar-refractivity contribution in [2.24, 2.45) is 0 Å². The normalized spacial score (nSPS) is 9.88. The van der Waals surface area contributed by atoms with Crippen molar-refractivity contribution in [2.75, 3.05) is 7.11 Å². The molecule has 0 spiro atoms. The van der Waals surface area contributed by atoms with Gasteiger partial charge in [0.1, 0.15) is 5.75 Å². The number of ether oxygens (including phenoxy) is 1. The lowest BCUT2D eigenvalue weighted by atomic mass is 9.98. The van der Waals surface area contributed by atoms with Crippen LogP contribution in [0.2, 0.25) is 0 Å². The Morgan fingerprint density at radius 1 is 0.958 bits per heavy atom. The van der Waals surface area contributed by atoms with E-state index in [0.29, 0.717) is 0 Å². The van der Waals surface area contributed by atoms with Gasteiger partial charge in [0.25, 0.3) is 0 Å². The molecule has 3 aromatic rings. The minimum Gasteiger partial charge on any atom is -0.497 e. The molecule has 24 heavy (non-hydrogen) atoms. The van der Waals surface area contributed by atoms with E-state index in [1.807, 2.05) is 54.6 Å². The maximum Gasteiger partial charge on any atom is 0.118 e. The molecule has 1 heterocycles. The van der Waals surface area contributed by atoms with E-state index in [1.54, 1.807) is 13.3 Å². The van der Waals surface area contributed by atoms with Crippen LogP contribution >= 0.6 is 0 Å². The van der Waals surface area contributed by atoms with Gasteiger partial charge < -0.3 is 4.74 Å². The van der Waals surface area contributed by atoms with E-state index in [9.17, 15) is 0 Å².